The molecule has 0 aromatic heterocycles. The zero-order valence-electron chi connectivity index (χ0n) is 10.7. The summed E-state index contributed by atoms with van der Waals surface area (Å²) in [5.74, 6) is 0. The predicted molar refractivity (Wildman–Crippen MR) is 68.5 cm³/mol. The zero-order chi connectivity index (χ0) is 11.8. The molecule has 1 aliphatic heterocycles. The Kier molecular flexibility index (Phi) is 2.81. The van der Waals surface area contributed by atoms with Crippen LogP contribution in [0.2, 0.25) is 0 Å². The molecular formula is C14H22N2. The van der Waals surface area contributed by atoms with Gasteiger partial charge in [0.05, 0.1) is 5.54 Å². The third-order valence-electron chi connectivity index (χ3n) is 3.91. The molecular weight excluding hydrogens is 196 g/mol. The molecule has 1 aromatic rings. The van der Waals surface area contributed by atoms with E-state index >= 15 is 0 Å². The maximum atomic E-state index is 3.69. The number of piperazine rings is 1. The highest BCUT2D eigenvalue weighted by Gasteiger charge is 2.38. The maximum Gasteiger partial charge on any atom is 0.0535 e. The van der Waals surface area contributed by atoms with Gasteiger partial charge in [-0.1, -0.05) is 30.3 Å². The van der Waals surface area contributed by atoms with Gasteiger partial charge in [-0.2, -0.15) is 0 Å². The largest absolute Gasteiger partial charge is 0.305 e. The molecule has 2 nitrogen and oxygen atoms in total. The van der Waals surface area contributed by atoms with Crippen LogP contribution in [0, 0.1) is 0 Å². The summed E-state index contributed by atoms with van der Waals surface area (Å²) >= 11 is 0. The van der Waals surface area contributed by atoms with Crippen LogP contribution in [-0.4, -0.2) is 30.6 Å². The van der Waals surface area contributed by atoms with Crippen LogP contribution in [-0.2, 0) is 5.54 Å². The van der Waals surface area contributed by atoms with Gasteiger partial charge in [-0.15, -0.1) is 0 Å². The molecule has 0 spiro atoms. The quantitative estimate of drug-likeness (QED) is 0.777. The number of hydrogen-bond acceptors (Lipinski definition) is 2. The average Bonchev–Trinajstić information content (AvgIpc) is 2.26. The summed E-state index contributed by atoms with van der Waals surface area (Å²) in [5.41, 5.74) is 1.69. The Morgan fingerprint density at radius 3 is 2.31 bits per heavy atom. The van der Waals surface area contributed by atoms with Gasteiger partial charge in [0.2, 0.25) is 0 Å². The van der Waals surface area contributed by atoms with Crippen LogP contribution in [0.25, 0.3) is 0 Å². The molecule has 88 valence electrons. The second kappa shape index (κ2) is 3.86. The van der Waals surface area contributed by atoms with Crippen LogP contribution in [0.15, 0.2) is 30.3 Å². The monoisotopic (exact) mass is 218 g/mol. The normalized spacial score (nSPS) is 30.2. The van der Waals surface area contributed by atoms with Crippen molar-refractivity contribution in [1.82, 2.24) is 10.2 Å². The Balaban J connectivity index is 2.23. The van der Waals surface area contributed by atoms with E-state index in [0.29, 0.717) is 0 Å². The first-order chi connectivity index (χ1) is 7.44. The minimum absolute atomic E-state index is 0.0749. The van der Waals surface area contributed by atoms with E-state index in [1.165, 1.54) is 5.56 Å². The Labute approximate surface area is 98.7 Å². The molecule has 1 heterocycles. The predicted octanol–water partition coefficient (Wildman–Crippen LogP) is 2.22. The first-order valence-electron chi connectivity index (χ1n) is 5.96. The van der Waals surface area contributed by atoms with Crippen molar-refractivity contribution in [2.45, 2.75) is 31.8 Å². The van der Waals surface area contributed by atoms with E-state index in [2.05, 4.69) is 68.4 Å². The van der Waals surface area contributed by atoms with Gasteiger partial charge < -0.3 is 5.32 Å². The zero-order valence-corrected chi connectivity index (χ0v) is 10.7. The van der Waals surface area contributed by atoms with E-state index in [1.54, 1.807) is 0 Å². The lowest BCUT2D eigenvalue weighted by Crippen LogP contribution is -2.64. The van der Waals surface area contributed by atoms with Crippen LogP contribution in [0.5, 0.6) is 0 Å². The number of nitrogens with zero attached hydrogens (tertiary/aromatic N) is 1. The molecule has 0 aliphatic carbocycles. The fraction of sp³-hybridized carbons (Fsp3) is 0.571. The van der Waals surface area contributed by atoms with Gasteiger partial charge in [0.15, 0.2) is 0 Å². The van der Waals surface area contributed by atoms with Gasteiger partial charge in [-0.05, 0) is 33.4 Å². The molecule has 2 rings (SSSR count). The molecule has 16 heavy (non-hydrogen) atoms. The van der Waals surface area contributed by atoms with E-state index in [9.17, 15) is 0 Å². The topological polar surface area (TPSA) is 15.3 Å². The van der Waals surface area contributed by atoms with Gasteiger partial charge in [0.1, 0.15) is 0 Å². The van der Waals surface area contributed by atoms with Crippen molar-refractivity contribution in [3.8, 4) is 0 Å². The molecule has 1 aromatic carbocycles. The van der Waals surface area contributed by atoms with E-state index in [4.69, 9.17) is 0 Å². The van der Waals surface area contributed by atoms with Crippen LogP contribution < -0.4 is 5.32 Å². The van der Waals surface area contributed by atoms with Gasteiger partial charge in [0, 0.05) is 18.6 Å². The fourth-order valence-electron chi connectivity index (χ4n) is 2.29. The number of likely N-dealkylation sites (N-methyl/N-ethyl adjacent to an activating group) is 1. The lowest BCUT2D eigenvalue weighted by atomic mass is 9.85. The van der Waals surface area contributed by atoms with E-state index < -0.39 is 0 Å². The first-order valence-corrected chi connectivity index (χ1v) is 5.96. The molecule has 1 atom stereocenters. The Hall–Kier alpha value is -0.860. The minimum Gasteiger partial charge on any atom is -0.305 e. The van der Waals surface area contributed by atoms with Crippen molar-refractivity contribution in [3.05, 3.63) is 35.9 Å². The Morgan fingerprint density at radius 2 is 1.75 bits per heavy atom. The van der Waals surface area contributed by atoms with Crippen molar-refractivity contribution in [1.29, 1.82) is 0 Å². The third-order valence-corrected chi connectivity index (χ3v) is 3.91. The Bertz CT molecular complexity index is 358. The number of nitrogens with one attached hydrogen (secondary N) is 1. The molecule has 1 saturated heterocycles. The van der Waals surface area contributed by atoms with Crippen LogP contribution in [0.3, 0.4) is 0 Å². The third kappa shape index (κ3) is 2.00. The second-order valence-electron chi connectivity index (χ2n) is 5.72. The molecule has 0 radical (unpaired) electrons. The lowest BCUT2D eigenvalue weighted by Gasteiger charge is -2.49. The van der Waals surface area contributed by atoms with E-state index in [1.807, 2.05) is 0 Å². The smallest absolute Gasteiger partial charge is 0.0535 e. The molecule has 0 amide bonds. The molecule has 1 aliphatic rings. The molecule has 1 N–H and O–H groups in total. The summed E-state index contributed by atoms with van der Waals surface area (Å²) in [5, 5.41) is 3.69. The van der Waals surface area contributed by atoms with Crippen molar-refractivity contribution in [3.63, 3.8) is 0 Å². The molecule has 1 fully saturated rings. The standard InChI is InChI=1S/C14H22N2/c1-13(2)10-15-14(3,11-16(13)4)12-8-6-5-7-9-12/h5-9,15H,10-11H2,1-4H3. The highest BCUT2D eigenvalue weighted by Crippen LogP contribution is 2.29. The number of rotatable bonds is 1. The Morgan fingerprint density at radius 1 is 1.12 bits per heavy atom. The van der Waals surface area contributed by atoms with Crippen molar-refractivity contribution < 1.29 is 0 Å². The van der Waals surface area contributed by atoms with Crippen molar-refractivity contribution in [2.24, 2.45) is 0 Å². The molecule has 1 unspecified atom stereocenters. The van der Waals surface area contributed by atoms with Crippen molar-refractivity contribution in [2.75, 3.05) is 20.1 Å². The van der Waals surface area contributed by atoms with Crippen LogP contribution in [0.4, 0.5) is 0 Å². The highest BCUT2D eigenvalue weighted by atomic mass is 15.3. The summed E-state index contributed by atoms with van der Waals surface area (Å²) in [4.78, 5) is 2.44. The average molecular weight is 218 g/mol. The van der Waals surface area contributed by atoms with Crippen molar-refractivity contribution >= 4 is 0 Å². The lowest BCUT2D eigenvalue weighted by molar-refractivity contribution is 0.0554. The van der Waals surface area contributed by atoms with Gasteiger partial charge in [0.25, 0.3) is 0 Å². The molecule has 2 heteroatoms. The van der Waals surface area contributed by atoms with Crippen LogP contribution in [0.1, 0.15) is 26.3 Å². The first kappa shape index (κ1) is 11.6. The summed E-state index contributed by atoms with van der Waals surface area (Å²) in [6, 6.07) is 10.7. The second-order valence-corrected chi connectivity index (χ2v) is 5.72. The van der Waals surface area contributed by atoms with Gasteiger partial charge in [-0.25, -0.2) is 0 Å². The maximum absolute atomic E-state index is 3.69. The summed E-state index contributed by atoms with van der Waals surface area (Å²) in [7, 11) is 2.21. The van der Waals surface area contributed by atoms with Crippen LogP contribution >= 0.6 is 0 Å². The minimum atomic E-state index is 0.0749. The molecule has 0 bridgehead atoms. The number of hydrogen-bond donors (Lipinski definition) is 1. The summed E-state index contributed by atoms with van der Waals surface area (Å²) in [6.07, 6.45) is 0. The molecule has 0 saturated carbocycles. The fourth-order valence-corrected chi connectivity index (χ4v) is 2.29. The highest BCUT2D eigenvalue weighted by molar-refractivity contribution is 5.25. The SMILES string of the molecule is CN1CC(C)(c2ccccc2)NCC1(C)C. The van der Waals surface area contributed by atoms with Gasteiger partial charge >= 0.3 is 0 Å². The van der Waals surface area contributed by atoms with E-state index in [0.717, 1.165) is 13.1 Å². The van der Waals surface area contributed by atoms with E-state index in [-0.39, 0.29) is 11.1 Å². The summed E-state index contributed by atoms with van der Waals surface area (Å²) in [6.45, 7) is 8.92. The van der Waals surface area contributed by atoms with Gasteiger partial charge in [-0.3, -0.25) is 4.90 Å². The number of benzene rings is 1. The summed E-state index contributed by atoms with van der Waals surface area (Å²) < 4.78 is 0.